The zero-order chi connectivity index (χ0) is 17.9. The lowest BCUT2D eigenvalue weighted by Crippen LogP contribution is -2.34. The van der Waals surface area contributed by atoms with Gasteiger partial charge in [-0.15, -0.1) is 0 Å². The van der Waals surface area contributed by atoms with Crippen molar-refractivity contribution in [3.05, 3.63) is 17.5 Å². The van der Waals surface area contributed by atoms with Crippen molar-refractivity contribution in [2.75, 3.05) is 32.1 Å². The lowest BCUT2D eigenvalue weighted by atomic mass is 9.89. The zero-order valence-electron chi connectivity index (χ0n) is 15.8. The van der Waals surface area contributed by atoms with Gasteiger partial charge >= 0.3 is 0 Å². The first kappa shape index (κ1) is 17.9. The van der Waals surface area contributed by atoms with Gasteiger partial charge in [0.05, 0.1) is 6.54 Å². The maximum Gasteiger partial charge on any atom is 0.204 e. The molecule has 26 heavy (non-hydrogen) atoms. The summed E-state index contributed by atoms with van der Waals surface area (Å²) in [6, 6.07) is 0. The molecule has 1 N–H and O–H groups in total. The van der Waals surface area contributed by atoms with Crippen LogP contribution in [-0.2, 0) is 6.54 Å². The van der Waals surface area contributed by atoms with E-state index in [0.29, 0.717) is 11.8 Å². The highest BCUT2D eigenvalue weighted by atomic mass is 32.1. The van der Waals surface area contributed by atoms with Crippen LogP contribution in [-0.4, -0.2) is 56.6 Å². The normalized spacial score (nSPS) is 22.6. The summed E-state index contributed by atoms with van der Waals surface area (Å²) < 4.78 is 4.50. The van der Waals surface area contributed by atoms with Crippen molar-refractivity contribution in [2.24, 2.45) is 0 Å². The summed E-state index contributed by atoms with van der Waals surface area (Å²) in [5, 5.41) is 8.80. The molecule has 2 aromatic rings. The molecule has 1 aliphatic heterocycles. The minimum Gasteiger partial charge on any atom is -0.353 e. The van der Waals surface area contributed by atoms with Gasteiger partial charge in [0.1, 0.15) is 5.82 Å². The van der Waals surface area contributed by atoms with Gasteiger partial charge in [-0.25, -0.2) is 9.97 Å². The monoisotopic (exact) mass is 375 g/mol. The highest BCUT2D eigenvalue weighted by Crippen LogP contribution is 2.32. The summed E-state index contributed by atoms with van der Waals surface area (Å²) in [4.78, 5) is 14.0. The smallest absolute Gasteiger partial charge is 0.204 e. The number of hydrogen-bond donors (Lipinski definition) is 1. The fourth-order valence-corrected chi connectivity index (χ4v) is 4.72. The maximum atomic E-state index is 4.90. The highest BCUT2D eigenvalue weighted by Gasteiger charge is 2.27. The van der Waals surface area contributed by atoms with Gasteiger partial charge in [-0.2, -0.15) is 9.47 Å². The van der Waals surface area contributed by atoms with Crippen molar-refractivity contribution in [1.82, 2.24) is 29.4 Å². The Balaban J connectivity index is 1.37. The molecule has 0 spiro atoms. The van der Waals surface area contributed by atoms with Gasteiger partial charge in [0.15, 0.2) is 11.6 Å². The van der Waals surface area contributed by atoms with Crippen molar-refractivity contribution in [1.29, 1.82) is 0 Å². The van der Waals surface area contributed by atoms with E-state index in [4.69, 9.17) is 4.98 Å². The second-order valence-corrected chi connectivity index (χ2v) is 8.61. The molecule has 0 radical (unpaired) electrons. The number of H-pyrrole nitrogens is 1. The molecule has 0 bridgehead atoms. The van der Waals surface area contributed by atoms with E-state index in [-0.39, 0.29) is 0 Å². The quantitative estimate of drug-likeness (QED) is 0.865. The van der Waals surface area contributed by atoms with Crippen LogP contribution in [0.25, 0.3) is 0 Å². The van der Waals surface area contributed by atoms with Gasteiger partial charge in [0.25, 0.3) is 0 Å². The average molecular weight is 376 g/mol. The van der Waals surface area contributed by atoms with E-state index in [1.165, 1.54) is 56.5 Å². The molecule has 7 nitrogen and oxygen atoms in total. The van der Waals surface area contributed by atoms with E-state index < -0.39 is 0 Å². The van der Waals surface area contributed by atoms with Crippen LogP contribution in [0.4, 0.5) is 5.13 Å². The van der Waals surface area contributed by atoms with Crippen molar-refractivity contribution in [3.63, 3.8) is 0 Å². The second-order valence-electron chi connectivity index (χ2n) is 7.88. The van der Waals surface area contributed by atoms with Gasteiger partial charge in [-0.05, 0) is 32.2 Å². The van der Waals surface area contributed by atoms with E-state index in [2.05, 4.69) is 24.5 Å². The number of likely N-dealkylation sites (tertiary alicyclic amines) is 1. The Morgan fingerprint density at radius 1 is 1.08 bits per heavy atom. The van der Waals surface area contributed by atoms with E-state index in [0.717, 1.165) is 42.2 Å². The van der Waals surface area contributed by atoms with Crippen LogP contribution < -0.4 is 4.90 Å². The highest BCUT2D eigenvalue weighted by molar-refractivity contribution is 7.09. The predicted octanol–water partition coefficient (Wildman–Crippen LogP) is 3.15. The molecule has 142 valence electrons. The lowest BCUT2D eigenvalue weighted by molar-refractivity contribution is 0.193. The Bertz CT molecular complexity index is 704. The molecular weight excluding hydrogens is 346 g/mol. The number of hydrogen-bond acceptors (Lipinski definition) is 7. The van der Waals surface area contributed by atoms with Crippen LogP contribution in [0.1, 0.15) is 74.3 Å². The fourth-order valence-electron chi connectivity index (χ4n) is 4.13. The summed E-state index contributed by atoms with van der Waals surface area (Å²) in [5.74, 6) is 4.07. The fraction of sp³-hybridized carbons (Fsp3) is 0.778. The van der Waals surface area contributed by atoms with Crippen molar-refractivity contribution in [3.8, 4) is 0 Å². The predicted molar refractivity (Wildman–Crippen MR) is 104 cm³/mol. The van der Waals surface area contributed by atoms with Crippen LogP contribution in [0, 0.1) is 0 Å². The molecule has 2 aromatic heterocycles. The molecule has 1 saturated heterocycles. The number of aromatic amines is 1. The maximum absolute atomic E-state index is 4.90. The number of piperidine rings is 1. The van der Waals surface area contributed by atoms with Crippen LogP contribution in [0.2, 0.25) is 0 Å². The third kappa shape index (κ3) is 4.06. The van der Waals surface area contributed by atoms with E-state index >= 15 is 0 Å². The topological polar surface area (TPSA) is 73.8 Å². The number of nitrogens with zero attached hydrogens (tertiary/aromatic N) is 6. The molecule has 0 aromatic carbocycles. The van der Waals surface area contributed by atoms with Gasteiger partial charge < -0.3 is 4.90 Å². The van der Waals surface area contributed by atoms with Crippen molar-refractivity contribution < 1.29 is 0 Å². The third-order valence-corrected chi connectivity index (χ3v) is 6.51. The average Bonchev–Trinajstić information content (AvgIpc) is 3.32. The molecule has 0 amide bonds. The first-order chi connectivity index (χ1) is 12.7. The minimum absolute atomic E-state index is 0.421. The number of nitrogens with one attached hydrogen (secondary N) is 1. The largest absolute Gasteiger partial charge is 0.353 e. The molecule has 4 rings (SSSR count). The Morgan fingerprint density at radius 2 is 1.88 bits per heavy atom. The molecule has 3 heterocycles. The van der Waals surface area contributed by atoms with Crippen LogP contribution >= 0.6 is 11.5 Å². The van der Waals surface area contributed by atoms with E-state index in [1.54, 1.807) is 0 Å². The lowest BCUT2D eigenvalue weighted by Gasteiger charge is -2.30. The zero-order valence-corrected chi connectivity index (χ0v) is 16.6. The first-order valence-corrected chi connectivity index (χ1v) is 10.6. The standard InChI is InChI=1S/C18H29N7S/c1-24(2)18-19-15(23-26-18)12-25-10-6-9-14(11-25)17-20-16(21-22-17)13-7-4-3-5-8-13/h13-14H,3-12H2,1-2H3,(H,20,21,22). The van der Waals surface area contributed by atoms with Gasteiger partial charge in [0, 0.05) is 44.0 Å². The number of rotatable bonds is 5. The molecule has 8 heteroatoms. The Hall–Kier alpha value is -1.54. The second kappa shape index (κ2) is 8.00. The third-order valence-electron chi connectivity index (χ3n) is 5.59. The molecule has 1 aliphatic carbocycles. The van der Waals surface area contributed by atoms with Crippen LogP contribution in [0.5, 0.6) is 0 Å². The van der Waals surface area contributed by atoms with Crippen LogP contribution in [0.3, 0.4) is 0 Å². The SMILES string of the molecule is CN(C)c1nc(CN2CCCC(c3n[nH]c(C4CCCCC4)n3)C2)ns1. The summed E-state index contributed by atoms with van der Waals surface area (Å²) in [5.41, 5.74) is 0. The summed E-state index contributed by atoms with van der Waals surface area (Å²) in [6.07, 6.45) is 8.90. The molecule has 1 atom stereocenters. The first-order valence-electron chi connectivity index (χ1n) is 9.83. The van der Waals surface area contributed by atoms with Gasteiger partial charge in [-0.1, -0.05) is 19.3 Å². The van der Waals surface area contributed by atoms with Crippen molar-refractivity contribution in [2.45, 2.75) is 63.3 Å². The molecular formula is C18H29N7S. The Kier molecular flexibility index (Phi) is 5.49. The molecule has 2 aliphatic rings. The number of anilines is 1. The van der Waals surface area contributed by atoms with Gasteiger partial charge in [-0.3, -0.25) is 10.00 Å². The minimum atomic E-state index is 0.421. The molecule has 2 fully saturated rings. The molecule has 1 unspecified atom stereocenters. The van der Waals surface area contributed by atoms with Gasteiger partial charge in [0.2, 0.25) is 5.13 Å². The summed E-state index contributed by atoms with van der Waals surface area (Å²) in [6.45, 7) is 2.92. The Morgan fingerprint density at radius 3 is 2.65 bits per heavy atom. The van der Waals surface area contributed by atoms with E-state index in [9.17, 15) is 0 Å². The summed E-state index contributed by atoms with van der Waals surface area (Å²) >= 11 is 1.47. The van der Waals surface area contributed by atoms with E-state index in [1.807, 2.05) is 19.0 Å². The van der Waals surface area contributed by atoms with Crippen molar-refractivity contribution >= 4 is 16.7 Å². The Labute approximate surface area is 159 Å². The molecule has 1 saturated carbocycles. The van der Waals surface area contributed by atoms with Crippen LogP contribution in [0.15, 0.2) is 0 Å². The summed E-state index contributed by atoms with van der Waals surface area (Å²) in [7, 11) is 4.02. The number of aromatic nitrogens is 5.